The SMILES string of the molecule is COc1c(OC)c(OC)c2c(ccc3c4ccccc4ncc32)c1OC. The number of hydrogen-bond acceptors (Lipinski definition) is 5. The lowest BCUT2D eigenvalue weighted by Crippen LogP contribution is -2.00. The molecule has 0 atom stereocenters. The van der Waals surface area contributed by atoms with Gasteiger partial charge in [0.2, 0.25) is 11.5 Å². The van der Waals surface area contributed by atoms with Gasteiger partial charge in [-0.2, -0.15) is 0 Å². The maximum Gasteiger partial charge on any atom is 0.207 e. The van der Waals surface area contributed by atoms with Gasteiger partial charge in [0.25, 0.3) is 0 Å². The molecule has 0 spiro atoms. The summed E-state index contributed by atoms with van der Waals surface area (Å²) in [5.74, 6) is 2.21. The van der Waals surface area contributed by atoms with Crippen molar-refractivity contribution in [3.8, 4) is 23.0 Å². The molecule has 26 heavy (non-hydrogen) atoms. The smallest absolute Gasteiger partial charge is 0.207 e. The van der Waals surface area contributed by atoms with Crippen LogP contribution in [0.4, 0.5) is 0 Å². The van der Waals surface area contributed by atoms with Gasteiger partial charge in [0, 0.05) is 27.7 Å². The first-order valence-corrected chi connectivity index (χ1v) is 8.21. The summed E-state index contributed by atoms with van der Waals surface area (Å²) in [5.41, 5.74) is 0.950. The topological polar surface area (TPSA) is 49.8 Å². The number of hydrogen-bond donors (Lipinski definition) is 0. The van der Waals surface area contributed by atoms with Crippen molar-refractivity contribution in [1.82, 2.24) is 4.98 Å². The van der Waals surface area contributed by atoms with Crippen LogP contribution < -0.4 is 18.9 Å². The third kappa shape index (κ3) is 2.13. The Bertz CT molecular complexity index is 1140. The second kappa shape index (κ2) is 6.26. The van der Waals surface area contributed by atoms with E-state index in [1.807, 2.05) is 30.5 Å². The molecular formula is C21H19NO4. The second-order valence-electron chi connectivity index (χ2n) is 5.86. The molecule has 132 valence electrons. The van der Waals surface area contributed by atoms with Gasteiger partial charge in [0.15, 0.2) is 11.5 Å². The highest BCUT2D eigenvalue weighted by Gasteiger charge is 2.24. The number of nitrogens with zero attached hydrogens (tertiary/aromatic N) is 1. The normalized spacial score (nSPS) is 11.1. The maximum absolute atomic E-state index is 5.72. The Morgan fingerprint density at radius 1 is 0.577 bits per heavy atom. The summed E-state index contributed by atoms with van der Waals surface area (Å²) in [5, 5.41) is 4.92. The van der Waals surface area contributed by atoms with E-state index < -0.39 is 0 Å². The van der Waals surface area contributed by atoms with E-state index in [1.54, 1.807) is 28.4 Å². The molecule has 3 aromatic carbocycles. The van der Waals surface area contributed by atoms with E-state index >= 15 is 0 Å². The van der Waals surface area contributed by atoms with Crippen LogP contribution >= 0.6 is 0 Å². The van der Waals surface area contributed by atoms with Crippen molar-refractivity contribution in [2.45, 2.75) is 0 Å². The van der Waals surface area contributed by atoms with Crippen LogP contribution in [0.5, 0.6) is 23.0 Å². The third-order valence-electron chi connectivity index (χ3n) is 4.68. The maximum atomic E-state index is 5.72. The van der Waals surface area contributed by atoms with Crippen LogP contribution in [-0.2, 0) is 0 Å². The molecule has 0 bridgehead atoms. The fraction of sp³-hybridized carbons (Fsp3) is 0.190. The van der Waals surface area contributed by atoms with Gasteiger partial charge in [0.05, 0.1) is 34.0 Å². The predicted molar refractivity (Wildman–Crippen MR) is 103 cm³/mol. The molecule has 5 nitrogen and oxygen atoms in total. The highest BCUT2D eigenvalue weighted by Crippen LogP contribution is 2.52. The van der Waals surface area contributed by atoms with Crippen molar-refractivity contribution in [1.29, 1.82) is 0 Å². The van der Waals surface area contributed by atoms with Crippen LogP contribution in [0.2, 0.25) is 0 Å². The van der Waals surface area contributed by atoms with Gasteiger partial charge in [-0.3, -0.25) is 4.98 Å². The number of benzene rings is 3. The van der Waals surface area contributed by atoms with E-state index in [0.29, 0.717) is 23.0 Å². The Labute approximate surface area is 151 Å². The van der Waals surface area contributed by atoms with E-state index in [-0.39, 0.29) is 0 Å². The van der Waals surface area contributed by atoms with Gasteiger partial charge in [-0.05, 0) is 17.5 Å². The molecule has 1 aromatic heterocycles. The third-order valence-corrected chi connectivity index (χ3v) is 4.68. The minimum absolute atomic E-state index is 0.500. The van der Waals surface area contributed by atoms with E-state index in [4.69, 9.17) is 18.9 Å². The van der Waals surface area contributed by atoms with Crippen molar-refractivity contribution >= 4 is 32.4 Å². The van der Waals surface area contributed by atoms with Gasteiger partial charge >= 0.3 is 0 Å². The number of fused-ring (bicyclic) bond motifs is 5. The van der Waals surface area contributed by atoms with E-state index in [0.717, 1.165) is 32.4 Å². The summed E-state index contributed by atoms with van der Waals surface area (Å²) in [7, 11) is 6.41. The van der Waals surface area contributed by atoms with Crippen LogP contribution in [0.3, 0.4) is 0 Å². The Balaban J connectivity index is 2.28. The fourth-order valence-electron chi connectivity index (χ4n) is 3.58. The second-order valence-corrected chi connectivity index (χ2v) is 5.86. The molecule has 0 aliphatic heterocycles. The number of para-hydroxylation sites is 1. The summed E-state index contributed by atoms with van der Waals surface area (Å²) >= 11 is 0. The lowest BCUT2D eigenvalue weighted by molar-refractivity contribution is 0.310. The zero-order valence-electron chi connectivity index (χ0n) is 15.1. The van der Waals surface area contributed by atoms with Gasteiger partial charge in [0.1, 0.15) is 0 Å². The fourth-order valence-corrected chi connectivity index (χ4v) is 3.58. The van der Waals surface area contributed by atoms with Gasteiger partial charge in [-0.15, -0.1) is 0 Å². The first-order valence-electron chi connectivity index (χ1n) is 8.21. The molecule has 5 heteroatoms. The van der Waals surface area contributed by atoms with Crippen LogP contribution in [-0.4, -0.2) is 33.4 Å². The van der Waals surface area contributed by atoms with Crippen LogP contribution in [0.15, 0.2) is 42.6 Å². The quantitative estimate of drug-likeness (QED) is 0.505. The lowest BCUT2D eigenvalue weighted by Gasteiger charge is -2.19. The number of methoxy groups -OCH3 is 4. The Morgan fingerprint density at radius 2 is 1.19 bits per heavy atom. The van der Waals surface area contributed by atoms with Crippen LogP contribution in [0.1, 0.15) is 0 Å². The minimum Gasteiger partial charge on any atom is -0.492 e. The molecule has 0 N–H and O–H groups in total. The molecule has 0 fully saturated rings. The van der Waals surface area contributed by atoms with Crippen molar-refractivity contribution in [3.63, 3.8) is 0 Å². The summed E-state index contributed by atoms with van der Waals surface area (Å²) in [6, 6.07) is 12.2. The molecule has 0 saturated carbocycles. The molecule has 0 saturated heterocycles. The molecule has 0 radical (unpaired) electrons. The molecule has 0 amide bonds. The van der Waals surface area contributed by atoms with Crippen molar-refractivity contribution in [2.24, 2.45) is 0 Å². The van der Waals surface area contributed by atoms with E-state index in [2.05, 4.69) is 17.1 Å². The standard InChI is InChI=1S/C21H19NO4/c1-23-18-14-10-9-12-13-7-5-6-8-16(13)22-11-15(12)17(14)19(24-2)21(26-4)20(18)25-3/h5-11H,1-4H3. The van der Waals surface area contributed by atoms with Crippen molar-refractivity contribution in [2.75, 3.05) is 28.4 Å². The van der Waals surface area contributed by atoms with Gasteiger partial charge in [-0.25, -0.2) is 0 Å². The van der Waals surface area contributed by atoms with Crippen molar-refractivity contribution in [3.05, 3.63) is 42.6 Å². The number of pyridine rings is 1. The highest BCUT2D eigenvalue weighted by atomic mass is 16.5. The van der Waals surface area contributed by atoms with Gasteiger partial charge < -0.3 is 18.9 Å². The Hall–Kier alpha value is -3.21. The molecule has 0 aliphatic rings. The zero-order valence-corrected chi connectivity index (χ0v) is 15.1. The zero-order chi connectivity index (χ0) is 18.3. The first-order chi connectivity index (χ1) is 12.7. The molecule has 4 rings (SSSR count). The van der Waals surface area contributed by atoms with Crippen LogP contribution in [0.25, 0.3) is 32.4 Å². The number of rotatable bonds is 4. The van der Waals surface area contributed by atoms with E-state index in [1.165, 1.54) is 0 Å². The average Bonchev–Trinajstić information content (AvgIpc) is 2.70. The molecular weight excluding hydrogens is 330 g/mol. The monoisotopic (exact) mass is 349 g/mol. The minimum atomic E-state index is 0.500. The van der Waals surface area contributed by atoms with Gasteiger partial charge in [-0.1, -0.05) is 24.3 Å². The summed E-state index contributed by atoms with van der Waals surface area (Å²) in [6.07, 6.45) is 1.87. The van der Waals surface area contributed by atoms with Crippen molar-refractivity contribution < 1.29 is 18.9 Å². The summed E-state index contributed by atoms with van der Waals surface area (Å²) in [6.45, 7) is 0. The highest BCUT2D eigenvalue weighted by molar-refractivity contribution is 6.20. The number of aromatic nitrogens is 1. The summed E-state index contributed by atoms with van der Waals surface area (Å²) in [4.78, 5) is 4.62. The molecule has 1 heterocycles. The average molecular weight is 349 g/mol. The molecule has 0 unspecified atom stereocenters. The van der Waals surface area contributed by atoms with Crippen LogP contribution in [0, 0.1) is 0 Å². The Morgan fingerprint density at radius 3 is 1.88 bits per heavy atom. The molecule has 0 aliphatic carbocycles. The summed E-state index contributed by atoms with van der Waals surface area (Å²) < 4.78 is 22.5. The Kier molecular flexibility index (Phi) is 3.92. The lowest BCUT2D eigenvalue weighted by atomic mass is 9.98. The number of ether oxygens (including phenoxy) is 4. The largest absolute Gasteiger partial charge is 0.492 e. The molecule has 4 aromatic rings. The first kappa shape index (κ1) is 16.3. The van der Waals surface area contributed by atoms with E-state index in [9.17, 15) is 0 Å². The predicted octanol–water partition coefficient (Wildman–Crippen LogP) is 4.58.